The van der Waals surface area contributed by atoms with Crippen LogP contribution >= 0.6 is 11.8 Å². The fourth-order valence-corrected chi connectivity index (χ4v) is 3.13. The first-order valence-corrected chi connectivity index (χ1v) is 7.85. The van der Waals surface area contributed by atoms with Gasteiger partial charge in [-0.3, -0.25) is 0 Å². The SMILES string of the molecule is CSCCC(CNC(C)C)C1CCCC1. The Morgan fingerprint density at radius 1 is 1.27 bits per heavy atom. The third kappa shape index (κ3) is 5.26. The van der Waals surface area contributed by atoms with Crippen LogP contribution in [0.5, 0.6) is 0 Å². The molecule has 0 heterocycles. The van der Waals surface area contributed by atoms with Crippen LogP contribution in [0.2, 0.25) is 0 Å². The molecular formula is C13H27NS. The van der Waals surface area contributed by atoms with Gasteiger partial charge in [0, 0.05) is 6.04 Å². The molecule has 0 aromatic heterocycles. The molecule has 1 saturated carbocycles. The molecule has 0 saturated heterocycles. The lowest BCUT2D eigenvalue weighted by Gasteiger charge is -2.24. The molecule has 1 atom stereocenters. The van der Waals surface area contributed by atoms with E-state index in [4.69, 9.17) is 0 Å². The standard InChI is InChI=1S/C13H27NS/c1-11(2)14-10-13(8-9-15-3)12-6-4-5-7-12/h11-14H,4-10H2,1-3H3. The molecule has 1 aliphatic carbocycles. The fourth-order valence-electron chi connectivity index (χ4n) is 2.59. The molecule has 0 spiro atoms. The van der Waals surface area contributed by atoms with Crippen molar-refractivity contribution in [2.75, 3.05) is 18.6 Å². The van der Waals surface area contributed by atoms with E-state index in [0.29, 0.717) is 6.04 Å². The summed E-state index contributed by atoms with van der Waals surface area (Å²) in [6, 6.07) is 0.642. The Labute approximate surface area is 99.8 Å². The molecule has 15 heavy (non-hydrogen) atoms. The number of rotatable bonds is 7. The number of hydrogen-bond donors (Lipinski definition) is 1. The molecule has 0 aromatic rings. The summed E-state index contributed by atoms with van der Waals surface area (Å²) in [6.45, 7) is 5.74. The zero-order valence-electron chi connectivity index (χ0n) is 10.6. The summed E-state index contributed by atoms with van der Waals surface area (Å²) in [7, 11) is 0. The van der Waals surface area contributed by atoms with Crippen LogP contribution < -0.4 is 5.32 Å². The number of hydrogen-bond acceptors (Lipinski definition) is 2. The van der Waals surface area contributed by atoms with Gasteiger partial charge in [-0.15, -0.1) is 0 Å². The lowest BCUT2D eigenvalue weighted by Crippen LogP contribution is -2.32. The molecule has 2 heteroatoms. The van der Waals surface area contributed by atoms with E-state index < -0.39 is 0 Å². The van der Waals surface area contributed by atoms with Gasteiger partial charge in [-0.1, -0.05) is 39.5 Å². The summed E-state index contributed by atoms with van der Waals surface area (Å²) in [6.07, 6.45) is 9.55. The van der Waals surface area contributed by atoms with Crippen LogP contribution in [0.4, 0.5) is 0 Å². The average Bonchev–Trinajstić information content (AvgIpc) is 2.71. The monoisotopic (exact) mass is 229 g/mol. The van der Waals surface area contributed by atoms with Gasteiger partial charge in [0.2, 0.25) is 0 Å². The highest BCUT2D eigenvalue weighted by Crippen LogP contribution is 2.33. The molecule has 1 N–H and O–H groups in total. The molecule has 90 valence electrons. The van der Waals surface area contributed by atoms with E-state index >= 15 is 0 Å². The second-order valence-corrected chi connectivity index (χ2v) is 6.13. The normalized spacial score (nSPS) is 20.0. The summed E-state index contributed by atoms with van der Waals surface area (Å²) >= 11 is 2.00. The van der Waals surface area contributed by atoms with Crippen molar-refractivity contribution in [2.24, 2.45) is 11.8 Å². The van der Waals surface area contributed by atoms with Gasteiger partial charge < -0.3 is 5.32 Å². The van der Waals surface area contributed by atoms with Crippen molar-refractivity contribution < 1.29 is 0 Å². The van der Waals surface area contributed by atoms with Crippen molar-refractivity contribution in [1.82, 2.24) is 5.32 Å². The van der Waals surface area contributed by atoms with Gasteiger partial charge in [-0.05, 0) is 36.8 Å². The van der Waals surface area contributed by atoms with E-state index in [1.807, 2.05) is 11.8 Å². The lowest BCUT2D eigenvalue weighted by atomic mass is 9.88. The van der Waals surface area contributed by atoms with Gasteiger partial charge >= 0.3 is 0 Å². The zero-order chi connectivity index (χ0) is 11.1. The summed E-state index contributed by atoms with van der Waals surface area (Å²) in [4.78, 5) is 0. The molecule has 0 aromatic carbocycles. The Balaban J connectivity index is 2.30. The summed E-state index contributed by atoms with van der Waals surface area (Å²) in [5, 5.41) is 3.62. The maximum Gasteiger partial charge on any atom is 0.00104 e. The Morgan fingerprint density at radius 3 is 2.47 bits per heavy atom. The molecule has 1 fully saturated rings. The maximum absolute atomic E-state index is 3.62. The largest absolute Gasteiger partial charge is 0.314 e. The molecule has 0 bridgehead atoms. The second-order valence-electron chi connectivity index (χ2n) is 5.15. The van der Waals surface area contributed by atoms with Crippen molar-refractivity contribution in [1.29, 1.82) is 0 Å². The number of thioether (sulfide) groups is 1. The van der Waals surface area contributed by atoms with E-state index in [9.17, 15) is 0 Å². The molecule has 1 rings (SSSR count). The van der Waals surface area contributed by atoms with E-state index in [1.165, 1.54) is 44.4 Å². The minimum Gasteiger partial charge on any atom is -0.314 e. The molecule has 1 unspecified atom stereocenters. The van der Waals surface area contributed by atoms with Crippen LogP contribution in [-0.4, -0.2) is 24.6 Å². The van der Waals surface area contributed by atoms with Crippen molar-refractivity contribution >= 4 is 11.8 Å². The second kappa shape index (κ2) is 7.56. The Bertz CT molecular complexity index is 153. The van der Waals surface area contributed by atoms with Gasteiger partial charge in [-0.25, -0.2) is 0 Å². The van der Waals surface area contributed by atoms with Crippen LogP contribution in [0.15, 0.2) is 0 Å². The molecule has 1 nitrogen and oxygen atoms in total. The van der Waals surface area contributed by atoms with Crippen LogP contribution in [-0.2, 0) is 0 Å². The van der Waals surface area contributed by atoms with Crippen LogP contribution in [0.1, 0.15) is 46.0 Å². The molecule has 0 radical (unpaired) electrons. The first-order chi connectivity index (χ1) is 7.24. The predicted molar refractivity (Wildman–Crippen MR) is 71.6 cm³/mol. The highest BCUT2D eigenvalue weighted by Gasteiger charge is 2.24. The third-order valence-corrected chi connectivity index (χ3v) is 4.19. The topological polar surface area (TPSA) is 12.0 Å². The van der Waals surface area contributed by atoms with Crippen LogP contribution in [0.3, 0.4) is 0 Å². The smallest absolute Gasteiger partial charge is 0.00104 e. The summed E-state index contributed by atoms with van der Waals surface area (Å²) < 4.78 is 0. The molecular weight excluding hydrogens is 202 g/mol. The highest BCUT2D eigenvalue weighted by molar-refractivity contribution is 7.98. The van der Waals surface area contributed by atoms with E-state index in [2.05, 4.69) is 25.4 Å². The molecule has 0 aliphatic heterocycles. The van der Waals surface area contributed by atoms with Crippen molar-refractivity contribution in [3.8, 4) is 0 Å². The Kier molecular flexibility index (Phi) is 6.74. The zero-order valence-corrected chi connectivity index (χ0v) is 11.4. The van der Waals surface area contributed by atoms with Crippen LogP contribution in [0.25, 0.3) is 0 Å². The highest BCUT2D eigenvalue weighted by atomic mass is 32.2. The van der Waals surface area contributed by atoms with Gasteiger partial charge in [0.1, 0.15) is 0 Å². The van der Waals surface area contributed by atoms with Gasteiger partial charge in [0.05, 0.1) is 0 Å². The van der Waals surface area contributed by atoms with Gasteiger partial charge in [0.25, 0.3) is 0 Å². The van der Waals surface area contributed by atoms with Crippen molar-refractivity contribution in [2.45, 2.75) is 52.0 Å². The van der Waals surface area contributed by atoms with Crippen LogP contribution in [0, 0.1) is 11.8 Å². The summed E-state index contributed by atoms with van der Waals surface area (Å²) in [5.74, 6) is 3.28. The maximum atomic E-state index is 3.62. The van der Waals surface area contributed by atoms with E-state index in [-0.39, 0.29) is 0 Å². The quantitative estimate of drug-likeness (QED) is 0.716. The van der Waals surface area contributed by atoms with Crippen molar-refractivity contribution in [3.63, 3.8) is 0 Å². The van der Waals surface area contributed by atoms with Crippen molar-refractivity contribution in [3.05, 3.63) is 0 Å². The van der Waals surface area contributed by atoms with Gasteiger partial charge in [0.15, 0.2) is 0 Å². The predicted octanol–water partition coefficient (Wildman–Crippen LogP) is 3.54. The van der Waals surface area contributed by atoms with E-state index in [0.717, 1.165) is 11.8 Å². The minimum atomic E-state index is 0.642. The molecule has 0 amide bonds. The minimum absolute atomic E-state index is 0.642. The Morgan fingerprint density at radius 2 is 1.93 bits per heavy atom. The average molecular weight is 229 g/mol. The van der Waals surface area contributed by atoms with E-state index in [1.54, 1.807) is 0 Å². The fraction of sp³-hybridized carbons (Fsp3) is 1.00. The van der Waals surface area contributed by atoms with Gasteiger partial charge in [-0.2, -0.15) is 11.8 Å². The molecule has 1 aliphatic rings. The Hall–Kier alpha value is 0.310. The summed E-state index contributed by atoms with van der Waals surface area (Å²) in [5.41, 5.74) is 0. The number of nitrogens with one attached hydrogen (secondary N) is 1. The third-order valence-electron chi connectivity index (χ3n) is 3.55. The first-order valence-electron chi connectivity index (χ1n) is 6.46. The lowest BCUT2D eigenvalue weighted by molar-refractivity contribution is 0.308. The first kappa shape index (κ1) is 13.4.